The Hall–Kier alpha value is -2.94. The van der Waals surface area contributed by atoms with Gasteiger partial charge in [-0.2, -0.15) is 0 Å². The molecular weight excluding hydrogens is 476 g/mol. The van der Waals surface area contributed by atoms with E-state index >= 15 is 0 Å². The zero-order chi connectivity index (χ0) is 24.1. The Balaban J connectivity index is 1.63. The van der Waals surface area contributed by atoms with Gasteiger partial charge in [0.25, 0.3) is 5.91 Å². The van der Waals surface area contributed by atoms with Gasteiger partial charge in [-0.1, -0.05) is 36.7 Å². The number of ether oxygens (including phenoxy) is 3. The van der Waals surface area contributed by atoms with Crippen molar-refractivity contribution in [3.63, 3.8) is 0 Å². The second kappa shape index (κ2) is 11.0. The summed E-state index contributed by atoms with van der Waals surface area (Å²) in [4.78, 5) is 31.9. The second-order valence-corrected chi connectivity index (χ2v) is 8.81. The first kappa shape index (κ1) is 24.2. The van der Waals surface area contributed by atoms with Crippen LogP contribution in [0.15, 0.2) is 47.8 Å². The molecule has 1 amide bonds. The van der Waals surface area contributed by atoms with Gasteiger partial charge >= 0.3 is 5.97 Å². The number of esters is 1. The molecule has 0 spiro atoms. The van der Waals surface area contributed by atoms with Gasteiger partial charge in [0.15, 0.2) is 6.61 Å². The maximum Gasteiger partial charge on any atom is 0.329 e. The summed E-state index contributed by atoms with van der Waals surface area (Å²) < 4.78 is 16.2. The molecule has 0 fully saturated rings. The van der Waals surface area contributed by atoms with Crippen molar-refractivity contribution in [3.8, 4) is 27.6 Å². The molecule has 1 aliphatic rings. The number of anilines is 1. The van der Waals surface area contributed by atoms with Crippen LogP contribution in [0, 0.1) is 0 Å². The third-order valence-corrected chi connectivity index (χ3v) is 6.59. The lowest BCUT2D eigenvalue weighted by atomic mass is 10.1. The van der Waals surface area contributed by atoms with Crippen LogP contribution in [0.4, 0.5) is 5.69 Å². The van der Waals surface area contributed by atoms with Crippen LogP contribution in [0.5, 0.6) is 5.75 Å². The highest BCUT2D eigenvalue weighted by atomic mass is 35.5. The van der Waals surface area contributed by atoms with Gasteiger partial charge in [-0.25, -0.2) is 9.78 Å². The van der Waals surface area contributed by atoms with Crippen molar-refractivity contribution in [2.45, 2.75) is 26.3 Å². The third kappa shape index (κ3) is 5.09. The van der Waals surface area contributed by atoms with Crippen LogP contribution in [0.2, 0.25) is 5.02 Å². The Labute approximate surface area is 207 Å². The summed E-state index contributed by atoms with van der Waals surface area (Å²) in [5, 5.41) is 3.37. The van der Waals surface area contributed by atoms with Crippen LogP contribution in [-0.4, -0.2) is 49.3 Å². The van der Waals surface area contributed by atoms with E-state index in [1.807, 2.05) is 55.6 Å². The number of nitrogens with zero attached hydrogens (tertiary/aromatic N) is 2. The van der Waals surface area contributed by atoms with Gasteiger partial charge in [-0.15, -0.1) is 11.3 Å². The average molecular weight is 501 g/mol. The largest absolute Gasteiger partial charge is 0.482 e. The van der Waals surface area contributed by atoms with E-state index in [0.29, 0.717) is 36.1 Å². The van der Waals surface area contributed by atoms with Gasteiger partial charge in [0, 0.05) is 23.1 Å². The Morgan fingerprint density at radius 3 is 2.82 bits per heavy atom. The predicted molar refractivity (Wildman–Crippen MR) is 133 cm³/mol. The molecule has 4 rings (SSSR count). The van der Waals surface area contributed by atoms with E-state index in [9.17, 15) is 9.59 Å². The maximum absolute atomic E-state index is 12.9. The van der Waals surface area contributed by atoms with E-state index < -0.39 is 12.0 Å². The van der Waals surface area contributed by atoms with E-state index in [1.54, 1.807) is 6.07 Å². The number of hydrogen-bond donors (Lipinski definition) is 0. The normalized spacial score (nSPS) is 13.9. The van der Waals surface area contributed by atoms with Gasteiger partial charge in [0.05, 0.1) is 23.0 Å². The predicted octanol–water partition coefficient (Wildman–Crippen LogP) is 5.21. The van der Waals surface area contributed by atoms with Crippen molar-refractivity contribution < 1.29 is 23.8 Å². The SMILES string of the molecule is CCOCCOC(=O)C(CC)N1C(=O)COc2ccc(-c3csc(-c4ccccc4Cl)n3)cc21. The number of rotatable bonds is 9. The third-order valence-electron chi connectivity index (χ3n) is 5.39. The summed E-state index contributed by atoms with van der Waals surface area (Å²) in [5.74, 6) is -0.234. The fourth-order valence-corrected chi connectivity index (χ4v) is 4.88. The molecule has 9 heteroatoms. The number of thiazole rings is 1. The van der Waals surface area contributed by atoms with Gasteiger partial charge in [-0.05, 0) is 37.6 Å². The summed E-state index contributed by atoms with van der Waals surface area (Å²) in [6, 6.07) is 12.3. The van der Waals surface area contributed by atoms with Crippen LogP contribution in [0.3, 0.4) is 0 Å². The van der Waals surface area contributed by atoms with E-state index in [2.05, 4.69) is 0 Å². The minimum Gasteiger partial charge on any atom is -0.482 e. The lowest BCUT2D eigenvalue weighted by Gasteiger charge is -2.34. The van der Waals surface area contributed by atoms with Crippen LogP contribution < -0.4 is 9.64 Å². The number of carbonyl (C=O) groups excluding carboxylic acids is 2. The zero-order valence-electron chi connectivity index (χ0n) is 19.0. The fourth-order valence-electron chi connectivity index (χ4n) is 3.73. The molecule has 1 aromatic heterocycles. The van der Waals surface area contributed by atoms with E-state index in [4.69, 9.17) is 30.8 Å². The molecule has 0 bridgehead atoms. The molecule has 7 nitrogen and oxygen atoms in total. The highest BCUT2D eigenvalue weighted by Gasteiger charge is 2.36. The number of hydrogen-bond acceptors (Lipinski definition) is 7. The molecule has 2 heterocycles. The number of aromatic nitrogens is 1. The first-order chi connectivity index (χ1) is 16.5. The molecule has 0 saturated carbocycles. The summed E-state index contributed by atoms with van der Waals surface area (Å²) in [7, 11) is 0. The fraction of sp³-hybridized carbons (Fsp3) is 0.320. The first-order valence-corrected chi connectivity index (χ1v) is 12.3. The van der Waals surface area contributed by atoms with Crippen molar-refractivity contribution in [3.05, 3.63) is 52.9 Å². The maximum atomic E-state index is 12.9. The van der Waals surface area contributed by atoms with Gasteiger partial charge in [0.2, 0.25) is 0 Å². The minimum atomic E-state index is -0.763. The van der Waals surface area contributed by atoms with Crippen LogP contribution in [-0.2, 0) is 19.1 Å². The summed E-state index contributed by atoms with van der Waals surface area (Å²) in [5.41, 5.74) is 2.93. The Kier molecular flexibility index (Phi) is 7.82. The van der Waals surface area contributed by atoms with Crippen molar-refractivity contribution in [2.75, 3.05) is 31.3 Å². The van der Waals surface area contributed by atoms with Crippen molar-refractivity contribution >= 4 is 40.5 Å². The molecule has 34 heavy (non-hydrogen) atoms. The monoisotopic (exact) mass is 500 g/mol. The van der Waals surface area contributed by atoms with Crippen molar-refractivity contribution in [1.82, 2.24) is 4.98 Å². The van der Waals surface area contributed by atoms with Gasteiger partial charge < -0.3 is 14.2 Å². The summed E-state index contributed by atoms with van der Waals surface area (Å²) in [6.07, 6.45) is 0.399. The topological polar surface area (TPSA) is 78.0 Å². The lowest BCUT2D eigenvalue weighted by Crippen LogP contribution is -2.50. The van der Waals surface area contributed by atoms with E-state index in [-0.39, 0.29) is 19.1 Å². The Bertz CT molecular complexity index is 1180. The molecule has 0 radical (unpaired) electrons. The molecule has 0 aliphatic carbocycles. The van der Waals surface area contributed by atoms with E-state index in [0.717, 1.165) is 21.8 Å². The van der Waals surface area contributed by atoms with Crippen LogP contribution >= 0.6 is 22.9 Å². The number of amides is 1. The standard InChI is InChI=1S/C25H25ClN2O5S/c1-3-20(25(30)32-12-11-31-4-2)28-21-13-16(9-10-22(21)33-14-23(28)29)19-15-34-24(27-19)17-7-5-6-8-18(17)26/h5-10,13,15,20H,3-4,11-12,14H2,1-2H3. The molecule has 2 aromatic carbocycles. The highest BCUT2D eigenvalue weighted by molar-refractivity contribution is 7.13. The Morgan fingerprint density at radius 1 is 1.24 bits per heavy atom. The van der Waals surface area contributed by atoms with Crippen molar-refractivity contribution in [2.24, 2.45) is 0 Å². The molecule has 3 aromatic rings. The lowest BCUT2D eigenvalue weighted by molar-refractivity contribution is -0.148. The minimum absolute atomic E-state index is 0.136. The quantitative estimate of drug-likeness (QED) is 0.296. The molecule has 1 aliphatic heterocycles. The molecule has 178 valence electrons. The second-order valence-electron chi connectivity index (χ2n) is 7.54. The molecular formula is C25H25ClN2O5S. The first-order valence-electron chi connectivity index (χ1n) is 11.1. The molecule has 0 saturated heterocycles. The highest BCUT2D eigenvalue weighted by Crippen LogP contribution is 2.39. The number of fused-ring (bicyclic) bond motifs is 1. The van der Waals surface area contributed by atoms with E-state index in [1.165, 1.54) is 16.2 Å². The molecule has 1 unspecified atom stereocenters. The van der Waals surface area contributed by atoms with Gasteiger partial charge in [-0.3, -0.25) is 9.69 Å². The Morgan fingerprint density at radius 2 is 2.06 bits per heavy atom. The average Bonchev–Trinajstić information content (AvgIpc) is 3.33. The van der Waals surface area contributed by atoms with Crippen LogP contribution in [0.25, 0.3) is 21.8 Å². The van der Waals surface area contributed by atoms with Crippen molar-refractivity contribution in [1.29, 1.82) is 0 Å². The summed E-state index contributed by atoms with van der Waals surface area (Å²) >= 11 is 7.82. The molecule has 1 atom stereocenters. The summed E-state index contributed by atoms with van der Waals surface area (Å²) in [6.45, 7) is 4.57. The smallest absolute Gasteiger partial charge is 0.329 e. The number of benzene rings is 2. The van der Waals surface area contributed by atoms with Crippen LogP contribution in [0.1, 0.15) is 20.3 Å². The zero-order valence-corrected chi connectivity index (χ0v) is 20.5. The van der Waals surface area contributed by atoms with Gasteiger partial charge in [0.1, 0.15) is 23.4 Å². The molecule has 0 N–H and O–H groups in total. The number of carbonyl (C=O) groups is 2. The number of halogens is 1.